The van der Waals surface area contributed by atoms with Crippen molar-refractivity contribution in [2.75, 3.05) is 0 Å². The third kappa shape index (κ3) is 2.11. The highest BCUT2D eigenvalue weighted by atomic mass is 32.1. The molecule has 1 heterocycles. The highest BCUT2D eigenvalue weighted by Crippen LogP contribution is 2.31. The molecule has 0 amide bonds. The minimum absolute atomic E-state index is 0.0733. The van der Waals surface area contributed by atoms with E-state index in [-0.39, 0.29) is 11.5 Å². The van der Waals surface area contributed by atoms with E-state index >= 15 is 0 Å². The average molecular weight is 234 g/mol. The molecule has 16 heavy (non-hydrogen) atoms. The summed E-state index contributed by atoms with van der Waals surface area (Å²) in [7, 11) is 0. The highest BCUT2D eigenvalue weighted by molar-refractivity contribution is 7.18. The molecule has 0 bridgehead atoms. The van der Waals surface area contributed by atoms with Gasteiger partial charge in [-0.1, -0.05) is 26.8 Å². The van der Waals surface area contributed by atoms with Gasteiger partial charge < -0.3 is 5.73 Å². The van der Waals surface area contributed by atoms with Crippen molar-refractivity contribution in [3.8, 4) is 0 Å². The monoisotopic (exact) mass is 234 g/mol. The number of nitrogens with zero attached hydrogens (tertiary/aromatic N) is 1. The number of aromatic nitrogens is 1. The Bertz CT molecular complexity index is 506. The number of fused-ring (bicyclic) bond motifs is 1. The molecular formula is C13H18N2S. The van der Waals surface area contributed by atoms with Crippen LogP contribution in [0.1, 0.15) is 44.3 Å². The van der Waals surface area contributed by atoms with Gasteiger partial charge in [0.25, 0.3) is 0 Å². The van der Waals surface area contributed by atoms with Gasteiger partial charge in [-0.25, -0.2) is 4.98 Å². The molecular weight excluding hydrogens is 216 g/mol. The predicted octanol–water partition coefficient (Wildman–Crippen LogP) is 3.61. The van der Waals surface area contributed by atoms with Gasteiger partial charge in [-0.3, -0.25) is 0 Å². The van der Waals surface area contributed by atoms with Gasteiger partial charge in [0.15, 0.2) is 0 Å². The van der Waals surface area contributed by atoms with E-state index in [4.69, 9.17) is 5.73 Å². The number of nitrogens with two attached hydrogens (primary N) is 1. The Kier molecular flexibility index (Phi) is 2.76. The molecule has 1 unspecified atom stereocenters. The molecule has 0 aliphatic heterocycles. The van der Waals surface area contributed by atoms with Gasteiger partial charge in [-0.15, -0.1) is 11.3 Å². The van der Waals surface area contributed by atoms with Crippen LogP contribution in [0.25, 0.3) is 10.2 Å². The molecule has 0 radical (unpaired) electrons. The zero-order valence-corrected chi connectivity index (χ0v) is 11.1. The van der Waals surface area contributed by atoms with Gasteiger partial charge in [0, 0.05) is 11.5 Å². The molecule has 2 nitrogen and oxygen atoms in total. The predicted molar refractivity (Wildman–Crippen MR) is 70.9 cm³/mol. The zero-order chi connectivity index (χ0) is 11.9. The van der Waals surface area contributed by atoms with E-state index in [0.717, 1.165) is 11.1 Å². The second-order valence-corrected chi connectivity index (χ2v) is 6.32. The van der Waals surface area contributed by atoms with Crippen LogP contribution in [0, 0.1) is 0 Å². The van der Waals surface area contributed by atoms with Gasteiger partial charge in [0.05, 0.1) is 15.2 Å². The van der Waals surface area contributed by atoms with E-state index < -0.39 is 0 Å². The average Bonchev–Trinajstić information content (AvgIpc) is 2.58. The maximum Gasteiger partial charge on any atom is 0.0992 e. The summed E-state index contributed by atoms with van der Waals surface area (Å²) in [6.45, 7) is 8.57. The topological polar surface area (TPSA) is 38.9 Å². The fraction of sp³-hybridized carbons (Fsp3) is 0.462. The van der Waals surface area contributed by atoms with Crippen LogP contribution in [0.15, 0.2) is 18.2 Å². The normalized spacial score (nSPS) is 14.3. The molecule has 0 aliphatic rings. The maximum absolute atomic E-state index is 5.87. The lowest BCUT2D eigenvalue weighted by atomic mass is 9.98. The summed E-state index contributed by atoms with van der Waals surface area (Å²) < 4.78 is 1.24. The Labute approximate surface area is 101 Å². The summed E-state index contributed by atoms with van der Waals surface area (Å²) >= 11 is 1.77. The van der Waals surface area contributed by atoms with E-state index in [1.54, 1.807) is 11.3 Å². The Morgan fingerprint density at radius 2 is 2.00 bits per heavy atom. The highest BCUT2D eigenvalue weighted by Gasteiger charge is 2.18. The second kappa shape index (κ2) is 3.82. The van der Waals surface area contributed by atoms with Crippen LogP contribution in [-0.2, 0) is 5.41 Å². The van der Waals surface area contributed by atoms with Crippen LogP contribution in [0.5, 0.6) is 0 Å². The largest absolute Gasteiger partial charge is 0.324 e. The number of hydrogen-bond donors (Lipinski definition) is 1. The molecule has 0 fully saturated rings. The van der Waals surface area contributed by atoms with Gasteiger partial charge >= 0.3 is 0 Å². The van der Waals surface area contributed by atoms with Gasteiger partial charge in [0.1, 0.15) is 0 Å². The van der Waals surface area contributed by atoms with Gasteiger partial charge in [-0.05, 0) is 24.6 Å². The first-order chi connectivity index (χ1) is 7.38. The maximum atomic E-state index is 5.87. The van der Waals surface area contributed by atoms with Crippen LogP contribution < -0.4 is 5.73 Å². The zero-order valence-electron chi connectivity index (χ0n) is 10.2. The van der Waals surface area contributed by atoms with Crippen molar-refractivity contribution >= 4 is 21.6 Å². The summed E-state index contributed by atoms with van der Waals surface area (Å²) in [6, 6.07) is 6.40. The molecule has 3 heteroatoms. The summed E-state index contributed by atoms with van der Waals surface area (Å²) in [6.07, 6.45) is 0. The Balaban J connectivity index is 2.54. The number of thiazole rings is 1. The fourth-order valence-corrected chi connectivity index (χ4v) is 2.55. The minimum atomic E-state index is 0.0733. The number of benzene rings is 1. The molecule has 2 aromatic rings. The van der Waals surface area contributed by atoms with Crippen LogP contribution in [0.4, 0.5) is 0 Å². The first kappa shape index (κ1) is 11.6. The van der Waals surface area contributed by atoms with Crippen LogP contribution in [-0.4, -0.2) is 4.98 Å². The summed E-state index contributed by atoms with van der Waals surface area (Å²) in [5.41, 5.74) is 8.22. The van der Waals surface area contributed by atoms with Gasteiger partial charge in [-0.2, -0.15) is 0 Å². The molecule has 2 rings (SSSR count). The van der Waals surface area contributed by atoms with E-state index in [1.165, 1.54) is 9.71 Å². The van der Waals surface area contributed by atoms with Crippen molar-refractivity contribution in [3.05, 3.63) is 28.8 Å². The molecule has 0 saturated heterocycles. The van der Waals surface area contributed by atoms with Crippen molar-refractivity contribution in [3.63, 3.8) is 0 Å². The van der Waals surface area contributed by atoms with Crippen LogP contribution in [0.2, 0.25) is 0 Å². The van der Waals surface area contributed by atoms with Crippen molar-refractivity contribution in [1.29, 1.82) is 0 Å². The third-order valence-electron chi connectivity index (χ3n) is 2.58. The molecule has 0 aliphatic carbocycles. The molecule has 0 spiro atoms. The van der Waals surface area contributed by atoms with Crippen molar-refractivity contribution < 1.29 is 0 Å². The molecule has 1 aromatic carbocycles. The SMILES string of the molecule is CC(N)c1ccc2sc(C(C)(C)C)nc2c1. The quantitative estimate of drug-likeness (QED) is 0.818. The van der Waals surface area contributed by atoms with E-state index in [0.29, 0.717) is 0 Å². The van der Waals surface area contributed by atoms with Crippen LogP contribution >= 0.6 is 11.3 Å². The summed E-state index contributed by atoms with van der Waals surface area (Å²) in [5.74, 6) is 0. The molecule has 1 aromatic heterocycles. The first-order valence-electron chi connectivity index (χ1n) is 5.54. The number of hydrogen-bond acceptors (Lipinski definition) is 3. The summed E-state index contributed by atoms with van der Waals surface area (Å²) in [5, 5.41) is 1.18. The smallest absolute Gasteiger partial charge is 0.0992 e. The molecule has 2 N–H and O–H groups in total. The number of rotatable bonds is 1. The molecule has 86 valence electrons. The standard InChI is InChI=1S/C13H18N2S/c1-8(14)9-5-6-11-10(7-9)15-12(16-11)13(2,3)4/h5-8H,14H2,1-4H3. The van der Waals surface area contributed by atoms with Crippen molar-refractivity contribution in [2.45, 2.75) is 39.2 Å². The Morgan fingerprint density at radius 1 is 1.31 bits per heavy atom. The van der Waals surface area contributed by atoms with E-state index in [9.17, 15) is 0 Å². The van der Waals surface area contributed by atoms with E-state index in [1.807, 2.05) is 6.92 Å². The Morgan fingerprint density at radius 3 is 2.56 bits per heavy atom. The van der Waals surface area contributed by atoms with Crippen LogP contribution in [0.3, 0.4) is 0 Å². The minimum Gasteiger partial charge on any atom is -0.324 e. The fourth-order valence-electron chi connectivity index (χ4n) is 1.55. The van der Waals surface area contributed by atoms with Gasteiger partial charge in [0.2, 0.25) is 0 Å². The first-order valence-corrected chi connectivity index (χ1v) is 6.36. The summed E-state index contributed by atoms with van der Waals surface area (Å²) in [4.78, 5) is 4.69. The molecule has 1 atom stereocenters. The second-order valence-electron chi connectivity index (χ2n) is 5.28. The lowest BCUT2D eigenvalue weighted by molar-refractivity contribution is 0.587. The lowest BCUT2D eigenvalue weighted by Crippen LogP contribution is -2.09. The molecule has 0 saturated carbocycles. The van der Waals surface area contributed by atoms with E-state index in [2.05, 4.69) is 44.0 Å². The van der Waals surface area contributed by atoms with Crippen molar-refractivity contribution in [2.24, 2.45) is 5.73 Å². The Hall–Kier alpha value is -0.930. The third-order valence-corrected chi connectivity index (χ3v) is 4.04. The lowest BCUT2D eigenvalue weighted by Gasteiger charge is -2.13. The van der Waals surface area contributed by atoms with Crippen molar-refractivity contribution in [1.82, 2.24) is 4.98 Å².